The lowest BCUT2D eigenvalue weighted by atomic mass is 9.99. The fraction of sp³-hybridized carbons (Fsp3) is 0.435. The Bertz CT molecular complexity index is 903. The third-order valence-corrected chi connectivity index (χ3v) is 7.46. The first-order valence-electron chi connectivity index (χ1n) is 10.2. The summed E-state index contributed by atoms with van der Waals surface area (Å²) in [6.45, 7) is 5.68. The number of nitrogens with zero attached hydrogens (tertiary/aromatic N) is 2. The molecule has 29 heavy (non-hydrogen) atoms. The summed E-state index contributed by atoms with van der Waals surface area (Å²) < 4.78 is 27.9. The molecule has 3 rings (SSSR count). The Kier molecular flexibility index (Phi) is 7.09. The van der Waals surface area contributed by atoms with E-state index >= 15 is 0 Å². The minimum atomic E-state index is -3.75. The number of likely N-dealkylation sites (tertiary alicyclic amines) is 1. The number of sulfonamides is 1. The van der Waals surface area contributed by atoms with Crippen LogP contribution in [0, 0.1) is 12.8 Å². The van der Waals surface area contributed by atoms with Crippen LogP contribution in [0.5, 0.6) is 0 Å². The summed E-state index contributed by atoms with van der Waals surface area (Å²) in [6, 6.07) is 16.6. The first kappa shape index (κ1) is 21.5. The van der Waals surface area contributed by atoms with Gasteiger partial charge in [-0.25, -0.2) is 8.42 Å². The van der Waals surface area contributed by atoms with Crippen LogP contribution in [0.4, 0.5) is 0 Å². The van der Waals surface area contributed by atoms with Gasteiger partial charge in [0.05, 0.1) is 11.4 Å². The van der Waals surface area contributed by atoms with Crippen LogP contribution in [0.2, 0.25) is 0 Å². The summed E-state index contributed by atoms with van der Waals surface area (Å²) >= 11 is 0. The Morgan fingerprint density at radius 1 is 1.03 bits per heavy atom. The van der Waals surface area contributed by atoms with E-state index in [1.807, 2.05) is 37.3 Å². The molecule has 6 heteroatoms. The largest absolute Gasteiger partial charge is 0.342 e. The second-order valence-electron chi connectivity index (χ2n) is 7.95. The summed E-state index contributed by atoms with van der Waals surface area (Å²) in [5.41, 5.74) is 2.05. The summed E-state index contributed by atoms with van der Waals surface area (Å²) in [5.74, 6) is 0.505. The number of carbonyl (C=O) groups is 1. The van der Waals surface area contributed by atoms with Gasteiger partial charge < -0.3 is 4.90 Å². The van der Waals surface area contributed by atoms with Gasteiger partial charge in [-0.1, -0.05) is 55.0 Å². The molecule has 0 aromatic heterocycles. The monoisotopic (exact) mass is 414 g/mol. The summed E-state index contributed by atoms with van der Waals surface area (Å²) in [7, 11) is -3.75. The van der Waals surface area contributed by atoms with Crippen molar-refractivity contribution in [1.82, 2.24) is 9.21 Å². The number of hydrogen-bond acceptors (Lipinski definition) is 3. The number of hydrogen-bond donors (Lipinski definition) is 0. The Labute approximate surface area is 174 Å². The van der Waals surface area contributed by atoms with Gasteiger partial charge in [-0.05, 0) is 49.8 Å². The van der Waals surface area contributed by atoms with Gasteiger partial charge in [0.15, 0.2) is 0 Å². The standard InChI is InChI=1S/C23H30N2O3S/c1-19-8-10-22(11-9-19)29(27,28)25(17-14-21-6-4-3-5-7-21)18-23(26)24-15-12-20(2)13-16-24/h3-11,20H,12-18H2,1-2H3. The average Bonchev–Trinajstić information content (AvgIpc) is 2.72. The van der Waals surface area contributed by atoms with Gasteiger partial charge in [0, 0.05) is 19.6 Å². The second kappa shape index (κ2) is 9.55. The van der Waals surface area contributed by atoms with Crippen molar-refractivity contribution in [1.29, 1.82) is 0 Å². The second-order valence-corrected chi connectivity index (χ2v) is 9.89. The molecule has 0 unspecified atom stereocenters. The van der Waals surface area contributed by atoms with Crippen molar-refractivity contribution in [2.24, 2.45) is 5.92 Å². The molecule has 1 amide bonds. The lowest BCUT2D eigenvalue weighted by Crippen LogP contribution is -2.46. The normalized spacial score (nSPS) is 15.6. The van der Waals surface area contributed by atoms with Crippen LogP contribution in [-0.4, -0.2) is 49.7 Å². The van der Waals surface area contributed by atoms with Gasteiger partial charge in [-0.3, -0.25) is 4.79 Å². The van der Waals surface area contributed by atoms with Gasteiger partial charge in [-0.2, -0.15) is 4.31 Å². The molecule has 0 radical (unpaired) electrons. The highest BCUT2D eigenvalue weighted by Crippen LogP contribution is 2.20. The Morgan fingerprint density at radius 3 is 2.28 bits per heavy atom. The predicted octanol–water partition coefficient (Wildman–Crippen LogP) is 3.49. The zero-order valence-electron chi connectivity index (χ0n) is 17.3. The average molecular weight is 415 g/mol. The smallest absolute Gasteiger partial charge is 0.243 e. The van der Waals surface area contributed by atoms with Crippen molar-refractivity contribution in [2.75, 3.05) is 26.2 Å². The van der Waals surface area contributed by atoms with Crippen molar-refractivity contribution >= 4 is 15.9 Å². The van der Waals surface area contributed by atoms with Gasteiger partial charge in [0.2, 0.25) is 15.9 Å². The molecule has 0 spiro atoms. The number of carbonyl (C=O) groups excluding carboxylic acids is 1. The molecule has 0 N–H and O–H groups in total. The number of amides is 1. The molecule has 156 valence electrons. The van der Waals surface area contributed by atoms with Gasteiger partial charge in [0.1, 0.15) is 0 Å². The minimum absolute atomic E-state index is 0.111. The van der Waals surface area contributed by atoms with Crippen molar-refractivity contribution in [3.05, 3.63) is 65.7 Å². The van der Waals surface area contributed by atoms with E-state index in [1.54, 1.807) is 29.2 Å². The molecular formula is C23H30N2O3S. The molecule has 0 aliphatic carbocycles. The van der Waals surface area contributed by atoms with Gasteiger partial charge in [0.25, 0.3) is 0 Å². The van der Waals surface area contributed by atoms with Crippen LogP contribution < -0.4 is 0 Å². The highest BCUT2D eigenvalue weighted by molar-refractivity contribution is 7.89. The number of aryl methyl sites for hydroxylation is 1. The highest BCUT2D eigenvalue weighted by Gasteiger charge is 2.29. The van der Waals surface area contributed by atoms with Crippen LogP contribution in [0.15, 0.2) is 59.5 Å². The van der Waals surface area contributed by atoms with E-state index in [0.29, 0.717) is 25.4 Å². The van der Waals surface area contributed by atoms with Crippen LogP contribution in [0.1, 0.15) is 30.9 Å². The SMILES string of the molecule is Cc1ccc(S(=O)(=O)N(CCc2ccccc2)CC(=O)N2CCC(C)CC2)cc1. The Balaban J connectivity index is 1.78. The van der Waals surface area contributed by atoms with Gasteiger partial charge >= 0.3 is 0 Å². The Morgan fingerprint density at radius 2 is 1.66 bits per heavy atom. The fourth-order valence-electron chi connectivity index (χ4n) is 3.55. The molecule has 2 aromatic carbocycles. The maximum atomic E-state index is 13.3. The first-order valence-corrected chi connectivity index (χ1v) is 11.7. The third-order valence-electron chi connectivity index (χ3n) is 5.60. The Hall–Kier alpha value is -2.18. The van der Waals surface area contributed by atoms with E-state index in [1.165, 1.54) is 4.31 Å². The van der Waals surface area contributed by atoms with E-state index in [9.17, 15) is 13.2 Å². The van der Waals surface area contributed by atoms with E-state index in [4.69, 9.17) is 0 Å². The van der Waals surface area contributed by atoms with Crippen LogP contribution >= 0.6 is 0 Å². The molecular weight excluding hydrogens is 384 g/mol. The van der Waals surface area contributed by atoms with Crippen molar-refractivity contribution in [3.63, 3.8) is 0 Å². The highest BCUT2D eigenvalue weighted by atomic mass is 32.2. The molecule has 1 fully saturated rings. The topological polar surface area (TPSA) is 57.7 Å². The zero-order valence-corrected chi connectivity index (χ0v) is 18.1. The molecule has 1 heterocycles. The lowest BCUT2D eigenvalue weighted by molar-refractivity contribution is -0.132. The number of piperidine rings is 1. The predicted molar refractivity (Wildman–Crippen MR) is 115 cm³/mol. The van der Waals surface area contributed by atoms with Crippen molar-refractivity contribution in [2.45, 2.75) is 38.0 Å². The van der Waals surface area contributed by atoms with E-state index in [0.717, 1.165) is 24.0 Å². The van der Waals surface area contributed by atoms with Crippen LogP contribution in [-0.2, 0) is 21.2 Å². The summed E-state index contributed by atoms with van der Waals surface area (Å²) in [4.78, 5) is 14.9. The molecule has 1 aliphatic rings. The lowest BCUT2D eigenvalue weighted by Gasteiger charge is -2.32. The minimum Gasteiger partial charge on any atom is -0.342 e. The van der Waals surface area contributed by atoms with Crippen molar-refractivity contribution < 1.29 is 13.2 Å². The molecule has 0 atom stereocenters. The van der Waals surface area contributed by atoms with E-state index in [-0.39, 0.29) is 23.9 Å². The first-order chi connectivity index (χ1) is 13.9. The third kappa shape index (κ3) is 5.67. The zero-order chi connectivity index (χ0) is 20.9. The molecule has 1 aliphatic heterocycles. The van der Waals surface area contributed by atoms with Crippen LogP contribution in [0.3, 0.4) is 0 Å². The molecule has 2 aromatic rings. The molecule has 0 saturated carbocycles. The molecule has 5 nitrogen and oxygen atoms in total. The fourth-order valence-corrected chi connectivity index (χ4v) is 4.94. The van der Waals surface area contributed by atoms with Crippen molar-refractivity contribution in [3.8, 4) is 0 Å². The summed E-state index contributed by atoms with van der Waals surface area (Å²) in [5, 5.41) is 0. The molecule has 1 saturated heterocycles. The van der Waals surface area contributed by atoms with Gasteiger partial charge in [-0.15, -0.1) is 0 Å². The maximum Gasteiger partial charge on any atom is 0.243 e. The quantitative estimate of drug-likeness (QED) is 0.697. The van der Waals surface area contributed by atoms with Crippen LogP contribution in [0.25, 0.3) is 0 Å². The number of rotatable bonds is 7. The van der Waals surface area contributed by atoms with E-state index < -0.39 is 10.0 Å². The summed E-state index contributed by atoms with van der Waals surface area (Å²) in [6.07, 6.45) is 2.51. The van der Waals surface area contributed by atoms with E-state index in [2.05, 4.69) is 6.92 Å². The molecule has 0 bridgehead atoms. The number of benzene rings is 2. The maximum absolute atomic E-state index is 13.3.